The highest BCUT2D eigenvalue weighted by Crippen LogP contribution is 2.14. The summed E-state index contributed by atoms with van der Waals surface area (Å²) in [4.78, 5) is 38.2. The molecule has 2 rings (SSSR count). The molecule has 1 heterocycles. The van der Waals surface area contributed by atoms with E-state index in [2.05, 4.69) is 5.32 Å². The van der Waals surface area contributed by atoms with Crippen LogP contribution in [0.15, 0.2) is 30.3 Å². The zero-order valence-corrected chi connectivity index (χ0v) is 15.4. The molecular formula is C20H28N2O4. The van der Waals surface area contributed by atoms with Crippen molar-refractivity contribution in [3.8, 4) is 0 Å². The number of unbranched alkanes of at least 4 members (excludes halogenated alkanes) is 1. The van der Waals surface area contributed by atoms with E-state index >= 15 is 0 Å². The van der Waals surface area contributed by atoms with Crippen LogP contribution in [0, 0.1) is 0 Å². The summed E-state index contributed by atoms with van der Waals surface area (Å²) in [5.41, 5.74) is 1.19. The summed E-state index contributed by atoms with van der Waals surface area (Å²) in [6.07, 6.45) is 3.54. The second kappa shape index (κ2) is 10.6. The van der Waals surface area contributed by atoms with Gasteiger partial charge in [-0.15, -0.1) is 0 Å². The summed E-state index contributed by atoms with van der Waals surface area (Å²) >= 11 is 0. The predicted octanol–water partition coefficient (Wildman–Crippen LogP) is 2.07. The minimum atomic E-state index is -0.762. The second-order valence-electron chi connectivity index (χ2n) is 6.51. The van der Waals surface area contributed by atoms with Gasteiger partial charge in [-0.05, 0) is 24.8 Å². The van der Waals surface area contributed by atoms with Crippen molar-refractivity contribution in [2.24, 2.45) is 0 Å². The summed E-state index contributed by atoms with van der Waals surface area (Å²) in [6, 6.07) is 9.23. The standard InChI is InChI=1S/C20H28N2O4/c1-2-3-14-26-19(24)15-17-20(25)21-12-13-22(17)18(23)11-7-10-16-8-5-4-6-9-16/h4-6,8-9,17H,2-3,7,10-15H2,1H3,(H,21,25). The average molecular weight is 360 g/mol. The smallest absolute Gasteiger partial charge is 0.308 e. The number of nitrogens with zero attached hydrogens (tertiary/aromatic N) is 1. The van der Waals surface area contributed by atoms with Gasteiger partial charge in [0.05, 0.1) is 13.0 Å². The molecular weight excluding hydrogens is 332 g/mol. The lowest BCUT2D eigenvalue weighted by molar-refractivity contribution is -0.152. The lowest BCUT2D eigenvalue weighted by Crippen LogP contribution is -2.57. The Morgan fingerprint density at radius 3 is 2.73 bits per heavy atom. The Bertz CT molecular complexity index is 603. The third kappa shape index (κ3) is 6.17. The van der Waals surface area contributed by atoms with Gasteiger partial charge in [0.1, 0.15) is 6.04 Å². The Labute approximate surface area is 154 Å². The van der Waals surface area contributed by atoms with E-state index in [0.29, 0.717) is 32.5 Å². The van der Waals surface area contributed by atoms with Crippen LogP contribution >= 0.6 is 0 Å². The summed E-state index contributed by atoms with van der Waals surface area (Å²) in [5.74, 6) is -0.787. The van der Waals surface area contributed by atoms with Crippen molar-refractivity contribution < 1.29 is 19.1 Å². The molecule has 142 valence electrons. The number of hydrogen-bond donors (Lipinski definition) is 1. The Balaban J connectivity index is 1.85. The highest BCUT2D eigenvalue weighted by atomic mass is 16.5. The molecule has 0 aromatic heterocycles. The van der Waals surface area contributed by atoms with Crippen molar-refractivity contribution in [1.82, 2.24) is 10.2 Å². The van der Waals surface area contributed by atoms with Gasteiger partial charge in [0, 0.05) is 19.5 Å². The van der Waals surface area contributed by atoms with E-state index in [4.69, 9.17) is 4.74 Å². The zero-order valence-electron chi connectivity index (χ0n) is 15.4. The average Bonchev–Trinajstić information content (AvgIpc) is 2.64. The van der Waals surface area contributed by atoms with E-state index in [1.807, 2.05) is 37.3 Å². The summed E-state index contributed by atoms with van der Waals surface area (Å²) in [6.45, 7) is 3.22. The number of aryl methyl sites for hydroxylation is 1. The molecule has 1 aromatic rings. The van der Waals surface area contributed by atoms with E-state index in [1.165, 1.54) is 10.5 Å². The number of esters is 1. The molecule has 1 aliphatic heterocycles. The van der Waals surface area contributed by atoms with Crippen LogP contribution in [0.4, 0.5) is 0 Å². The van der Waals surface area contributed by atoms with Crippen LogP contribution in [-0.2, 0) is 25.5 Å². The molecule has 6 heteroatoms. The van der Waals surface area contributed by atoms with Crippen LogP contribution in [0.1, 0.15) is 44.6 Å². The highest BCUT2D eigenvalue weighted by Gasteiger charge is 2.34. The SMILES string of the molecule is CCCCOC(=O)CC1C(=O)NCCN1C(=O)CCCc1ccccc1. The van der Waals surface area contributed by atoms with Crippen molar-refractivity contribution in [1.29, 1.82) is 0 Å². The molecule has 1 fully saturated rings. The van der Waals surface area contributed by atoms with Gasteiger partial charge < -0.3 is 15.0 Å². The van der Waals surface area contributed by atoms with Crippen LogP contribution in [0.5, 0.6) is 0 Å². The molecule has 1 atom stereocenters. The molecule has 1 saturated heterocycles. The molecule has 1 N–H and O–H groups in total. The fraction of sp³-hybridized carbons (Fsp3) is 0.550. The van der Waals surface area contributed by atoms with Crippen molar-refractivity contribution in [2.75, 3.05) is 19.7 Å². The van der Waals surface area contributed by atoms with Gasteiger partial charge in [0.25, 0.3) is 0 Å². The molecule has 0 aliphatic carbocycles. The Kier molecular flexibility index (Phi) is 8.12. The van der Waals surface area contributed by atoms with Crippen molar-refractivity contribution in [3.63, 3.8) is 0 Å². The third-order valence-corrected chi connectivity index (χ3v) is 4.47. The Hall–Kier alpha value is -2.37. The maximum atomic E-state index is 12.6. The number of nitrogens with one attached hydrogen (secondary N) is 1. The number of carbonyl (C=O) groups is 3. The Morgan fingerprint density at radius 2 is 2.00 bits per heavy atom. The normalized spacial score (nSPS) is 16.9. The Morgan fingerprint density at radius 1 is 1.23 bits per heavy atom. The quantitative estimate of drug-likeness (QED) is 0.540. The maximum absolute atomic E-state index is 12.6. The van der Waals surface area contributed by atoms with E-state index in [-0.39, 0.29) is 18.2 Å². The largest absolute Gasteiger partial charge is 0.466 e. The van der Waals surface area contributed by atoms with Crippen molar-refractivity contribution in [3.05, 3.63) is 35.9 Å². The molecule has 0 saturated carbocycles. The van der Waals surface area contributed by atoms with Gasteiger partial charge >= 0.3 is 5.97 Å². The minimum absolute atomic E-state index is 0.0814. The van der Waals surface area contributed by atoms with E-state index in [1.54, 1.807) is 0 Å². The van der Waals surface area contributed by atoms with Gasteiger partial charge in [-0.3, -0.25) is 14.4 Å². The monoisotopic (exact) mass is 360 g/mol. The van der Waals surface area contributed by atoms with Gasteiger partial charge in [-0.2, -0.15) is 0 Å². The first-order valence-electron chi connectivity index (χ1n) is 9.38. The van der Waals surface area contributed by atoms with Crippen LogP contribution in [0.25, 0.3) is 0 Å². The van der Waals surface area contributed by atoms with Crippen LogP contribution < -0.4 is 5.32 Å². The molecule has 26 heavy (non-hydrogen) atoms. The first kappa shape index (κ1) is 19.9. The number of rotatable bonds is 9. The predicted molar refractivity (Wildman–Crippen MR) is 98.4 cm³/mol. The summed E-state index contributed by atoms with van der Waals surface area (Å²) in [7, 11) is 0. The zero-order chi connectivity index (χ0) is 18.8. The first-order valence-corrected chi connectivity index (χ1v) is 9.38. The van der Waals surface area contributed by atoms with Crippen LogP contribution in [0.3, 0.4) is 0 Å². The van der Waals surface area contributed by atoms with E-state index in [9.17, 15) is 14.4 Å². The van der Waals surface area contributed by atoms with E-state index < -0.39 is 12.0 Å². The number of piperazine rings is 1. The topological polar surface area (TPSA) is 75.7 Å². The summed E-state index contributed by atoms with van der Waals surface area (Å²) in [5, 5.41) is 2.73. The fourth-order valence-electron chi connectivity index (χ4n) is 3.00. The molecule has 1 aliphatic rings. The molecule has 6 nitrogen and oxygen atoms in total. The molecule has 2 amide bonds. The van der Waals surface area contributed by atoms with Gasteiger partial charge in [-0.1, -0.05) is 43.7 Å². The maximum Gasteiger partial charge on any atom is 0.308 e. The van der Waals surface area contributed by atoms with Gasteiger partial charge in [0.15, 0.2) is 0 Å². The van der Waals surface area contributed by atoms with E-state index in [0.717, 1.165) is 19.3 Å². The van der Waals surface area contributed by atoms with Gasteiger partial charge in [0.2, 0.25) is 11.8 Å². The minimum Gasteiger partial charge on any atom is -0.466 e. The number of amides is 2. The molecule has 0 radical (unpaired) electrons. The third-order valence-electron chi connectivity index (χ3n) is 4.47. The molecule has 1 aromatic carbocycles. The highest BCUT2D eigenvalue weighted by molar-refractivity contribution is 5.91. The number of ether oxygens (including phenoxy) is 1. The second-order valence-corrected chi connectivity index (χ2v) is 6.51. The lowest BCUT2D eigenvalue weighted by atomic mass is 10.1. The van der Waals surface area contributed by atoms with Crippen molar-refractivity contribution in [2.45, 2.75) is 51.5 Å². The molecule has 0 bridgehead atoms. The number of carbonyl (C=O) groups excluding carboxylic acids is 3. The van der Waals surface area contributed by atoms with Crippen LogP contribution in [0.2, 0.25) is 0 Å². The van der Waals surface area contributed by atoms with Gasteiger partial charge in [-0.25, -0.2) is 0 Å². The molecule has 0 spiro atoms. The van der Waals surface area contributed by atoms with Crippen LogP contribution in [-0.4, -0.2) is 48.4 Å². The van der Waals surface area contributed by atoms with Crippen molar-refractivity contribution >= 4 is 17.8 Å². The lowest BCUT2D eigenvalue weighted by Gasteiger charge is -2.34. The fourth-order valence-corrected chi connectivity index (χ4v) is 3.00. The number of hydrogen-bond acceptors (Lipinski definition) is 4. The first-order chi connectivity index (χ1) is 12.6. The number of benzene rings is 1. The summed E-state index contributed by atoms with van der Waals surface area (Å²) < 4.78 is 5.14. The molecule has 1 unspecified atom stereocenters.